The van der Waals surface area contributed by atoms with Crippen molar-refractivity contribution < 1.29 is 18.8 Å². The Balaban J connectivity index is 1.78. The van der Waals surface area contributed by atoms with Crippen LogP contribution in [0.1, 0.15) is 27.8 Å². The molecule has 3 aromatic carbocycles. The highest BCUT2D eigenvalue weighted by Gasteiger charge is 2.37. The molecule has 1 heterocycles. The summed E-state index contributed by atoms with van der Waals surface area (Å²) in [6, 6.07) is 16.3. The number of nitrogens with one attached hydrogen (secondary N) is 1. The Hall–Kier alpha value is -3.58. The van der Waals surface area contributed by atoms with Gasteiger partial charge in [0.2, 0.25) is 0 Å². The van der Waals surface area contributed by atoms with E-state index in [0.717, 1.165) is 26.1 Å². The Labute approximate surface area is 199 Å². The molecule has 1 aliphatic rings. The minimum atomic E-state index is -0.795. The van der Waals surface area contributed by atoms with Gasteiger partial charge in [0.15, 0.2) is 0 Å². The number of imide groups is 2. The number of nitrogens with zero attached hydrogens (tertiary/aromatic N) is 1. The van der Waals surface area contributed by atoms with Gasteiger partial charge in [-0.3, -0.25) is 14.9 Å². The zero-order valence-corrected chi connectivity index (χ0v) is 19.6. The Bertz CT molecular complexity index is 1330. The van der Waals surface area contributed by atoms with Crippen LogP contribution in [0.15, 0.2) is 70.7 Å². The number of rotatable bonds is 4. The van der Waals surface area contributed by atoms with Crippen LogP contribution < -0.4 is 10.2 Å². The van der Waals surface area contributed by atoms with E-state index < -0.39 is 17.8 Å². The molecule has 4 rings (SSSR count). The molecule has 5 nitrogen and oxygen atoms in total. The van der Waals surface area contributed by atoms with Crippen molar-refractivity contribution in [2.45, 2.75) is 20.3 Å². The fourth-order valence-corrected chi connectivity index (χ4v) is 4.10. The lowest BCUT2D eigenvalue weighted by molar-refractivity contribution is -0.122. The summed E-state index contributed by atoms with van der Waals surface area (Å²) in [7, 11) is 0. The highest BCUT2D eigenvalue weighted by Crippen LogP contribution is 2.28. The van der Waals surface area contributed by atoms with Crippen molar-refractivity contribution in [2.24, 2.45) is 0 Å². The lowest BCUT2D eigenvalue weighted by atomic mass is 9.97. The molecule has 0 atom stereocenters. The van der Waals surface area contributed by atoms with Crippen molar-refractivity contribution in [3.63, 3.8) is 0 Å². The zero-order chi connectivity index (χ0) is 23.7. The fraction of sp³-hybridized carbons (Fsp3) is 0.115. The molecular formula is C26H20BrFN2O3. The largest absolute Gasteiger partial charge is 0.335 e. The number of anilines is 1. The van der Waals surface area contributed by atoms with Crippen molar-refractivity contribution in [3.8, 4) is 0 Å². The van der Waals surface area contributed by atoms with E-state index in [4.69, 9.17) is 0 Å². The molecule has 4 amide bonds. The van der Waals surface area contributed by atoms with E-state index in [0.29, 0.717) is 16.8 Å². The molecule has 3 aromatic rings. The Kier molecular flexibility index (Phi) is 6.24. The van der Waals surface area contributed by atoms with Gasteiger partial charge in [-0.2, -0.15) is 0 Å². The number of benzene rings is 3. The van der Waals surface area contributed by atoms with Crippen LogP contribution in [0.2, 0.25) is 0 Å². The standard InChI is InChI=1S/C26H20BrFN2O3/c1-15-6-5-9-23(16(15)2)30-25(32)21(24(31)29-26(30)33)14-19-13-20(27)11-10-17(19)12-18-7-3-4-8-22(18)28/h3-11,13-14H,12H2,1-2H3,(H,29,31,33)/b21-14+. The SMILES string of the molecule is Cc1cccc(N2C(=O)NC(=O)/C(=C\c3cc(Br)ccc3Cc3ccccc3F)C2=O)c1C. The number of hydrogen-bond acceptors (Lipinski definition) is 3. The predicted octanol–water partition coefficient (Wildman–Crippen LogP) is 5.46. The molecule has 0 saturated carbocycles. The summed E-state index contributed by atoms with van der Waals surface area (Å²) >= 11 is 3.41. The van der Waals surface area contributed by atoms with Gasteiger partial charge < -0.3 is 0 Å². The summed E-state index contributed by atoms with van der Waals surface area (Å²) in [5, 5.41) is 2.26. The fourth-order valence-electron chi connectivity index (χ4n) is 3.72. The third kappa shape index (κ3) is 4.50. The van der Waals surface area contributed by atoms with Gasteiger partial charge in [-0.05, 0) is 72.0 Å². The van der Waals surface area contributed by atoms with Crippen molar-refractivity contribution in [2.75, 3.05) is 4.90 Å². The first-order valence-electron chi connectivity index (χ1n) is 10.3. The van der Waals surface area contributed by atoms with E-state index >= 15 is 0 Å². The topological polar surface area (TPSA) is 66.5 Å². The third-order valence-corrected chi connectivity index (χ3v) is 6.16. The van der Waals surface area contributed by atoms with Gasteiger partial charge in [0.25, 0.3) is 11.8 Å². The van der Waals surface area contributed by atoms with Gasteiger partial charge >= 0.3 is 6.03 Å². The molecule has 0 aliphatic carbocycles. The van der Waals surface area contributed by atoms with E-state index in [2.05, 4.69) is 21.2 Å². The van der Waals surface area contributed by atoms with Gasteiger partial charge in [0.05, 0.1) is 5.69 Å². The van der Waals surface area contributed by atoms with Gasteiger partial charge in [0, 0.05) is 10.9 Å². The summed E-state index contributed by atoms with van der Waals surface area (Å²) in [6.45, 7) is 3.69. The summed E-state index contributed by atoms with van der Waals surface area (Å²) in [5.74, 6) is -1.82. The van der Waals surface area contributed by atoms with Crippen LogP contribution in [-0.2, 0) is 16.0 Å². The quantitative estimate of drug-likeness (QED) is 0.377. The molecule has 1 fully saturated rings. The molecule has 166 valence electrons. The summed E-state index contributed by atoms with van der Waals surface area (Å²) in [5.41, 5.74) is 3.70. The predicted molar refractivity (Wildman–Crippen MR) is 128 cm³/mol. The van der Waals surface area contributed by atoms with Crippen LogP contribution in [0.25, 0.3) is 6.08 Å². The molecule has 1 saturated heterocycles. The molecule has 0 radical (unpaired) electrons. The summed E-state index contributed by atoms with van der Waals surface area (Å²) < 4.78 is 15.0. The summed E-state index contributed by atoms with van der Waals surface area (Å²) in [6.07, 6.45) is 1.72. The number of urea groups is 1. The first kappa shape index (κ1) is 22.6. The number of barbiturate groups is 1. The third-order valence-electron chi connectivity index (χ3n) is 5.67. The minimum Gasteiger partial charge on any atom is -0.273 e. The van der Waals surface area contributed by atoms with E-state index in [-0.39, 0.29) is 17.8 Å². The second-order valence-electron chi connectivity index (χ2n) is 7.79. The zero-order valence-electron chi connectivity index (χ0n) is 18.0. The minimum absolute atomic E-state index is 0.177. The number of carbonyl (C=O) groups is 3. The average molecular weight is 507 g/mol. The highest BCUT2D eigenvalue weighted by atomic mass is 79.9. The molecule has 0 bridgehead atoms. The number of aryl methyl sites for hydroxylation is 1. The average Bonchev–Trinajstić information content (AvgIpc) is 2.77. The maximum atomic E-state index is 14.2. The van der Waals surface area contributed by atoms with Gasteiger partial charge in [-0.15, -0.1) is 0 Å². The van der Waals surface area contributed by atoms with Crippen LogP contribution in [0.4, 0.5) is 14.9 Å². The summed E-state index contributed by atoms with van der Waals surface area (Å²) in [4.78, 5) is 39.5. The molecule has 0 aromatic heterocycles. The molecule has 0 spiro atoms. The Morgan fingerprint density at radius 3 is 2.48 bits per heavy atom. The van der Waals surface area contributed by atoms with Gasteiger partial charge in [0.1, 0.15) is 11.4 Å². The molecule has 1 N–H and O–H groups in total. The van der Waals surface area contributed by atoms with E-state index in [9.17, 15) is 18.8 Å². The maximum absolute atomic E-state index is 14.2. The molecule has 1 aliphatic heterocycles. The monoisotopic (exact) mass is 506 g/mol. The number of carbonyl (C=O) groups excluding carboxylic acids is 3. The van der Waals surface area contributed by atoms with Crippen molar-refractivity contribution >= 4 is 45.5 Å². The number of hydrogen-bond donors (Lipinski definition) is 1. The molecular weight excluding hydrogens is 487 g/mol. The van der Waals surface area contributed by atoms with Crippen molar-refractivity contribution in [1.82, 2.24) is 5.32 Å². The highest BCUT2D eigenvalue weighted by molar-refractivity contribution is 9.10. The van der Waals surface area contributed by atoms with Crippen LogP contribution in [-0.4, -0.2) is 17.8 Å². The van der Waals surface area contributed by atoms with Crippen LogP contribution >= 0.6 is 15.9 Å². The van der Waals surface area contributed by atoms with Crippen LogP contribution in [0.5, 0.6) is 0 Å². The lowest BCUT2D eigenvalue weighted by Crippen LogP contribution is -2.54. The maximum Gasteiger partial charge on any atom is 0.335 e. The van der Waals surface area contributed by atoms with E-state index in [1.165, 1.54) is 12.1 Å². The van der Waals surface area contributed by atoms with Crippen molar-refractivity contribution in [3.05, 3.63) is 104 Å². The normalized spacial score (nSPS) is 15.2. The van der Waals surface area contributed by atoms with Crippen LogP contribution in [0.3, 0.4) is 0 Å². The van der Waals surface area contributed by atoms with Gasteiger partial charge in [-0.1, -0.05) is 52.3 Å². The van der Waals surface area contributed by atoms with Crippen LogP contribution in [0, 0.1) is 19.7 Å². The van der Waals surface area contributed by atoms with E-state index in [1.54, 1.807) is 36.4 Å². The second-order valence-corrected chi connectivity index (χ2v) is 8.70. The molecule has 33 heavy (non-hydrogen) atoms. The molecule has 0 unspecified atom stereocenters. The smallest absolute Gasteiger partial charge is 0.273 e. The second kappa shape index (κ2) is 9.11. The first-order chi connectivity index (χ1) is 15.8. The number of halogens is 2. The van der Waals surface area contributed by atoms with Crippen molar-refractivity contribution in [1.29, 1.82) is 0 Å². The van der Waals surface area contributed by atoms with E-state index in [1.807, 2.05) is 32.0 Å². The Morgan fingerprint density at radius 1 is 0.970 bits per heavy atom. The lowest BCUT2D eigenvalue weighted by Gasteiger charge is -2.28. The van der Waals surface area contributed by atoms with Gasteiger partial charge in [-0.25, -0.2) is 14.1 Å². The first-order valence-corrected chi connectivity index (χ1v) is 11.0. The number of amides is 4. The molecule has 7 heteroatoms. The Morgan fingerprint density at radius 2 is 1.73 bits per heavy atom.